The lowest BCUT2D eigenvalue weighted by Gasteiger charge is -2.49. The Balaban J connectivity index is 1.42. The van der Waals surface area contributed by atoms with Crippen LogP contribution in [-0.2, 0) is 10.2 Å². The third-order valence-corrected chi connectivity index (χ3v) is 7.77. The number of hydrogen-bond acceptors (Lipinski definition) is 5. The molecule has 1 aromatic carbocycles. The van der Waals surface area contributed by atoms with Crippen LogP contribution in [0.3, 0.4) is 0 Å². The summed E-state index contributed by atoms with van der Waals surface area (Å²) < 4.78 is 15.1. The highest BCUT2D eigenvalue weighted by molar-refractivity contribution is 5.94. The Labute approximate surface area is 222 Å². The highest BCUT2D eigenvalue weighted by atomic mass is 19.1. The van der Waals surface area contributed by atoms with Gasteiger partial charge in [0.2, 0.25) is 5.91 Å². The molecule has 5 rings (SSSR count). The number of imidazole rings is 1. The summed E-state index contributed by atoms with van der Waals surface area (Å²) in [6, 6.07) is 8.14. The second-order valence-electron chi connectivity index (χ2n) is 12.7. The molecule has 0 radical (unpaired) electrons. The van der Waals surface area contributed by atoms with Gasteiger partial charge >= 0.3 is 0 Å². The zero-order valence-electron chi connectivity index (χ0n) is 23.0. The number of aliphatic hydroxyl groups is 1. The van der Waals surface area contributed by atoms with Crippen LogP contribution in [0, 0.1) is 11.7 Å². The van der Waals surface area contributed by atoms with Gasteiger partial charge in [-0.15, -0.1) is 0 Å². The van der Waals surface area contributed by atoms with Crippen molar-refractivity contribution < 1.29 is 19.1 Å². The van der Waals surface area contributed by atoms with E-state index in [9.17, 15) is 19.1 Å². The third kappa shape index (κ3) is 4.79. The zero-order chi connectivity index (χ0) is 27.6. The van der Waals surface area contributed by atoms with E-state index in [1.165, 1.54) is 12.1 Å². The molecule has 2 fully saturated rings. The van der Waals surface area contributed by atoms with Crippen molar-refractivity contribution in [3.63, 3.8) is 0 Å². The van der Waals surface area contributed by atoms with Crippen molar-refractivity contribution in [1.29, 1.82) is 0 Å². The minimum absolute atomic E-state index is 0.0526. The van der Waals surface area contributed by atoms with Crippen LogP contribution in [0.1, 0.15) is 70.4 Å². The lowest BCUT2D eigenvalue weighted by Crippen LogP contribution is -2.63. The molecule has 38 heavy (non-hydrogen) atoms. The Bertz CT molecular complexity index is 1400. The van der Waals surface area contributed by atoms with Crippen molar-refractivity contribution in [2.45, 2.75) is 70.9 Å². The summed E-state index contributed by atoms with van der Waals surface area (Å²) in [4.78, 5) is 35.1. The fraction of sp³-hybridized carbons (Fsp3) is 0.517. The number of rotatable bonds is 3. The average Bonchev–Trinajstić information content (AvgIpc) is 3.24. The molecule has 1 N–H and O–H groups in total. The number of halogens is 1. The van der Waals surface area contributed by atoms with Crippen LogP contribution >= 0.6 is 0 Å². The highest BCUT2D eigenvalue weighted by Gasteiger charge is 2.47. The van der Waals surface area contributed by atoms with Gasteiger partial charge in [0.1, 0.15) is 11.5 Å². The Morgan fingerprint density at radius 2 is 1.74 bits per heavy atom. The third-order valence-electron chi connectivity index (χ3n) is 7.77. The maximum atomic E-state index is 13.7. The van der Waals surface area contributed by atoms with E-state index in [4.69, 9.17) is 10.1 Å². The van der Waals surface area contributed by atoms with Gasteiger partial charge in [0.05, 0.1) is 23.0 Å². The minimum Gasteiger partial charge on any atom is -0.390 e. The molecule has 2 amide bonds. The summed E-state index contributed by atoms with van der Waals surface area (Å²) in [5.74, 6) is -0.622. The van der Waals surface area contributed by atoms with E-state index in [1.54, 1.807) is 34.7 Å². The van der Waals surface area contributed by atoms with Crippen LogP contribution in [0.4, 0.5) is 4.39 Å². The second-order valence-corrected chi connectivity index (χ2v) is 12.7. The molecule has 1 aliphatic carbocycles. The summed E-state index contributed by atoms with van der Waals surface area (Å²) in [6.07, 6.45) is 2.62. The molecule has 1 saturated carbocycles. The van der Waals surface area contributed by atoms with Crippen molar-refractivity contribution >= 4 is 17.5 Å². The van der Waals surface area contributed by atoms with Crippen LogP contribution in [0.15, 0.2) is 36.5 Å². The first-order chi connectivity index (χ1) is 17.6. The normalized spacial score (nSPS) is 23.4. The molecule has 9 heteroatoms. The van der Waals surface area contributed by atoms with Crippen molar-refractivity contribution in [3.05, 3.63) is 53.6 Å². The number of fused-ring (bicyclic) bond motifs is 1. The molecule has 202 valence electrons. The first-order valence-corrected chi connectivity index (χ1v) is 13.1. The molecule has 0 atom stereocenters. The second kappa shape index (κ2) is 8.86. The number of amides is 2. The minimum atomic E-state index is -0.757. The molecular weight excluding hydrogens is 485 g/mol. The van der Waals surface area contributed by atoms with E-state index in [-0.39, 0.29) is 29.0 Å². The first kappa shape index (κ1) is 26.3. The number of aromatic nitrogens is 3. The Morgan fingerprint density at radius 3 is 2.32 bits per heavy atom. The monoisotopic (exact) mass is 521 g/mol. The molecule has 3 heterocycles. The maximum Gasteiger partial charge on any atom is 0.274 e. The van der Waals surface area contributed by atoms with Crippen molar-refractivity contribution in [1.82, 2.24) is 24.4 Å². The van der Waals surface area contributed by atoms with Gasteiger partial charge in [-0.1, -0.05) is 20.8 Å². The fourth-order valence-corrected chi connectivity index (χ4v) is 5.69. The van der Waals surface area contributed by atoms with E-state index >= 15 is 0 Å². The van der Waals surface area contributed by atoms with Crippen LogP contribution in [0.5, 0.6) is 0 Å². The number of benzene rings is 1. The molecule has 8 nitrogen and oxygen atoms in total. The van der Waals surface area contributed by atoms with Crippen LogP contribution in [-0.4, -0.2) is 72.1 Å². The van der Waals surface area contributed by atoms with Gasteiger partial charge in [-0.05, 0) is 69.4 Å². The summed E-state index contributed by atoms with van der Waals surface area (Å²) in [5.41, 5.74) is 1.65. The number of nitrogens with zero attached hydrogens (tertiary/aromatic N) is 5. The smallest absolute Gasteiger partial charge is 0.274 e. The van der Waals surface area contributed by atoms with E-state index < -0.39 is 11.1 Å². The predicted octanol–water partition coefficient (Wildman–Crippen LogP) is 4.06. The molecular formula is C29H36FN5O3. The Morgan fingerprint density at radius 1 is 1.08 bits per heavy atom. The fourth-order valence-electron chi connectivity index (χ4n) is 5.69. The van der Waals surface area contributed by atoms with Crippen LogP contribution in [0.25, 0.3) is 16.9 Å². The molecule has 1 aliphatic heterocycles. The molecule has 2 aromatic heterocycles. The topological polar surface area (TPSA) is 91.0 Å². The summed E-state index contributed by atoms with van der Waals surface area (Å²) in [5, 5.41) is 14.7. The van der Waals surface area contributed by atoms with E-state index in [1.807, 2.05) is 24.8 Å². The molecule has 3 aromatic rings. The van der Waals surface area contributed by atoms with Gasteiger partial charge < -0.3 is 14.9 Å². The van der Waals surface area contributed by atoms with Crippen molar-refractivity contribution in [3.8, 4) is 11.3 Å². The zero-order valence-corrected chi connectivity index (χ0v) is 23.0. The molecule has 0 bridgehead atoms. The summed E-state index contributed by atoms with van der Waals surface area (Å²) >= 11 is 0. The molecule has 1 saturated heterocycles. The van der Waals surface area contributed by atoms with E-state index in [2.05, 4.69) is 20.8 Å². The van der Waals surface area contributed by atoms with Gasteiger partial charge in [0, 0.05) is 36.7 Å². The van der Waals surface area contributed by atoms with Gasteiger partial charge in [0.15, 0.2) is 5.65 Å². The Hall–Kier alpha value is -3.33. The van der Waals surface area contributed by atoms with Crippen LogP contribution < -0.4 is 0 Å². The van der Waals surface area contributed by atoms with E-state index in [0.29, 0.717) is 49.5 Å². The van der Waals surface area contributed by atoms with Gasteiger partial charge in [-0.25, -0.2) is 13.9 Å². The maximum absolute atomic E-state index is 13.7. The number of carbonyl (C=O) groups is 2. The lowest BCUT2D eigenvalue weighted by atomic mass is 9.71. The van der Waals surface area contributed by atoms with Gasteiger partial charge in [-0.3, -0.25) is 9.59 Å². The number of hydrogen-bond donors (Lipinski definition) is 1. The van der Waals surface area contributed by atoms with Crippen LogP contribution in [0.2, 0.25) is 0 Å². The van der Waals surface area contributed by atoms with Crippen molar-refractivity contribution in [2.75, 3.05) is 19.6 Å². The standard InChI is InChI=1S/C29H36FN5O3/c1-27(2,3)21-13-22(18-7-9-20(30)10-8-18)32-35-16-23(31-24(21)35)26(37)34-12-11-33(17-28(34,4)5)25(36)19-14-29(6,38)15-19/h7-10,13,16,19,38H,11-12,14-15,17H2,1-6H3. The van der Waals surface area contributed by atoms with Gasteiger partial charge in [0.25, 0.3) is 5.91 Å². The van der Waals surface area contributed by atoms with Gasteiger partial charge in [-0.2, -0.15) is 5.10 Å². The molecule has 0 unspecified atom stereocenters. The lowest BCUT2D eigenvalue weighted by molar-refractivity contribution is -0.153. The number of carbonyl (C=O) groups excluding carboxylic acids is 2. The average molecular weight is 522 g/mol. The molecule has 2 aliphatic rings. The number of piperazine rings is 1. The summed E-state index contributed by atoms with van der Waals surface area (Å²) in [6.45, 7) is 13.2. The predicted molar refractivity (Wildman–Crippen MR) is 142 cm³/mol. The molecule has 0 spiro atoms. The Kier molecular flexibility index (Phi) is 6.13. The quantitative estimate of drug-likeness (QED) is 0.562. The SMILES string of the molecule is CC1(O)CC(C(=O)N2CCN(C(=O)c3cn4nc(-c5ccc(F)cc5)cc(C(C)(C)C)c4n3)C(C)(C)C2)C1. The highest BCUT2D eigenvalue weighted by Crippen LogP contribution is 2.39. The van der Waals surface area contributed by atoms with Crippen molar-refractivity contribution in [2.24, 2.45) is 5.92 Å². The van der Waals surface area contributed by atoms with E-state index in [0.717, 1.165) is 11.1 Å². The summed E-state index contributed by atoms with van der Waals surface area (Å²) in [7, 11) is 0. The largest absolute Gasteiger partial charge is 0.390 e. The first-order valence-electron chi connectivity index (χ1n) is 13.1.